The maximum Gasteiger partial charge on any atom is 0.253 e. The molecule has 2 nitrogen and oxygen atoms in total. The first-order valence-corrected chi connectivity index (χ1v) is 7.21. The van der Waals surface area contributed by atoms with Crippen LogP contribution in [0.5, 0.6) is 0 Å². The van der Waals surface area contributed by atoms with E-state index in [0.717, 1.165) is 18.2 Å². The van der Waals surface area contributed by atoms with Crippen molar-refractivity contribution >= 4 is 33.4 Å². The summed E-state index contributed by atoms with van der Waals surface area (Å²) in [6.45, 7) is 4.13. The van der Waals surface area contributed by atoms with Gasteiger partial charge in [0.2, 0.25) is 0 Å². The summed E-state index contributed by atoms with van der Waals surface area (Å²) >= 11 is 9.47. The third kappa shape index (κ3) is 3.46. The third-order valence-corrected chi connectivity index (χ3v) is 4.51. The Kier molecular flexibility index (Phi) is 5.47. The largest absolute Gasteiger partial charge is 0.346 e. The van der Waals surface area contributed by atoms with E-state index in [9.17, 15) is 4.79 Å². The monoisotopic (exact) mass is 317 g/mol. The van der Waals surface area contributed by atoms with Crippen molar-refractivity contribution in [1.29, 1.82) is 0 Å². The summed E-state index contributed by atoms with van der Waals surface area (Å²) in [4.78, 5) is 12.1. The second kappa shape index (κ2) is 6.41. The van der Waals surface area contributed by atoms with E-state index < -0.39 is 0 Å². The van der Waals surface area contributed by atoms with E-state index in [1.54, 1.807) is 12.1 Å². The molecule has 0 atom stereocenters. The SMILES string of the molecule is CCC(CC)(CBr)NC(=O)c1ccccc1Cl. The zero-order valence-corrected chi connectivity index (χ0v) is 12.4. The van der Waals surface area contributed by atoms with Gasteiger partial charge in [-0.2, -0.15) is 0 Å². The van der Waals surface area contributed by atoms with Gasteiger partial charge in [0.05, 0.1) is 10.6 Å². The number of halogens is 2. The second-order valence-corrected chi connectivity index (χ2v) is 5.02. The molecule has 1 aromatic rings. The van der Waals surface area contributed by atoms with Crippen LogP contribution in [0.15, 0.2) is 24.3 Å². The van der Waals surface area contributed by atoms with Crippen molar-refractivity contribution in [3.05, 3.63) is 34.9 Å². The topological polar surface area (TPSA) is 29.1 Å². The molecule has 0 saturated carbocycles. The first kappa shape index (κ1) is 14.5. The highest BCUT2D eigenvalue weighted by Gasteiger charge is 2.27. The molecule has 0 fully saturated rings. The van der Waals surface area contributed by atoms with E-state index >= 15 is 0 Å². The molecule has 0 aliphatic heterocycles. The fraction of sp³-hybridized carbons (Fsp3) is 0.462. The zero-order valence-electron chi connectivity index (χ0n) is 10.1. The van der Waals surface area contributed by atoms with Crippen molar-refractivity contribution in [2.75, 3.05) is 5.33 Å². The Hall–Kier alpha value is -0.540. The molecule has 4 heteroatoms. The predicted octanol–water partition coefficient (Wildman–Crippen LogP) is 4.02. The van der Waals surface area contributed by atoms with E-state index in [2.05, 4.69) is 35.1 Å². The highest BCUT2D eigenvalue weighted by molar-refractivity contribution is 9.09. The van der Waals surface area contributed by atoms with E-state index in [4.69, 9.17) is 11.6 Å². The van der Waals surface area contributed by atoms with Gasteiger partial charge in [-0.1, -0.05) is 53.5 Å². The highest BCUT2D eigenvalue weighted by atomic mass is 79.9. The van der Waals surface area contributed by atoms with Gasteiger partial charge in [-0.3, -0.25) is 4.79 Å². The Morgan fingerprint density at radius 1 is 1.35 bits per heavy atom. The minimum atomic E-state index is -0.198. The van der Waals surface area contributed by atoms with E-state index in [1.165, 1.54) is 0 Å². The van der Waals surface area contributed by atoms with Crippen molar-refractivity contribution in [3.63, 3.8) is 0 Å². The Morgan fingerprint density at radius 3 is 2.41 bits per heavy atom. The fourth-order valence-electron chi connectivity index (χ4n) is 1.60. The molecule has 0 saturated heterocycles. The summed E-state index contributed by atoms with van der Waals surface area (Å²) in [5.41, 5.74) is 0.331. The molecule has 0 radical (unpaired) electrons. The summed E-state index contributed by atoms with van der Waals surface area (Å²) < 4.78 is 0. The molecule has 1 aromatic carbocycles. The molecular formula is C13H17BrClNO. The van der Waals surface area contributed by atoms with Crippen LogP contribution in [0.3, 0.4) is 0 Å². The summed E-state index contributed by atoms with van der Waals surface area (Å²) in [5.74, 6) is -0.112. The smallest absolute Gasteiger partial charge is 0.253 e. The van der Waals surface area contributed by atoms with Gasteiger partial charge >= 0.3 is 0 Å². The quantitative estimate of drug-likeness (QED) is 0.816. The van der Waals surface area contributed by atoms with Crippen molar-refractivity contribution in [3.8, 4) is 0 Å². The summed E-state index contributed by atoms with van der Waals surface area (Å²) in [5, 5.41) is 4.29. The number of hydrogen-bond acceptors (Lipinski definition) is 1. The van der Waals surface area contributed by atoms with Gasteiger partial charge in [0.25, 0.3) is 5.91 Å². The average Bonchev–Trinajstić information content (AvgIpc) is 2.36. The van der Waals surface area contributed by atoms with Gasteiger partial charge < -0.3 is 5.32 Å². The summed E-state index contributed by atoms with van der Waals surface area (Å²) in [6.07, 6.45) is 1.76. The Labute approximate surface area is 116 Å². The van der Waals surface area contributed by atoms with Gasteiger partial charge in [-0.15, -0.1) is 0 Å². The third-order valence-electron chi connectivity index (χ3n) is 3.11. The minimum Gasteiger partial charge on any atom is -0.346 e. The maximum atomic E-state index is 12.1. The fourth-order valence-corrected chi connectivity index (χ4v) is 2.76. The highest BCUT2D eigenvalue weighted by Crippen LogP contribution is 2.21. The first-order chi connectivity index (χ1) is 8.08. The van der Waals surface area contributed by atoms with Crippen molar-refractivity contribution in [1.82, 2.24) is 5.32 Å². The van der Waals surface area contributed by atoms with E-state index in [1.807, 2.05) is 12.1 Å². The van der Waals surface area contributed by atoms with Crippen LogP contribution in [0.25, 0.3) is 0 Å². The minimum absolute atomic E-state index is 0.112. The van der Waals surface area contributed by atoms with Gasteiger partial charge in [0.1, 0.15) is 0 Å². The zero-order chi connectivity index (χ0) is 12.9. The summed E-state index contributed by atoms with van der Waals surface area (Å²) in [6, 6.07) is 7.09. The number of rotatable bonds is 5. The molecule has 0 bridgehead atoms. The lowest BCUT2D eigenvalue weighted by Crippen LogP contribution is -2.49. The lowest BCUT2D eigenvalue weighted by atomic mass is 9.95. The van der Waals surface area contributed by atoms with Crippen LogP contribution in [0.1, 0.15) is 37.0 Å². The van der Waals surface area contributed by atoms with Crippen LogP contribution in [0, 0.1) is 0 Å². The van der Waals surface area contributed by atoms with Crippen molar-refractivity contribution in [2.45, 2.75) is 32.2 Å². The molecule has 0 unspecified atom stereocenters. The van der Waals surface area contributed by atoms with E-state index in [0.29, 0.717) is 10.6 Å². The van der Waals surface area contributed by atoms with E-state index in [-0.39, 0.29) is 11.4 Å². The summed E-state index contributed by atoms with van der Waals surface area (Å²) in [7, 11) is 0. The lowest BCUT2D eigenvalue weighted by Gasteiger charge is -2.31. The molecule has 0 aliphatic rings. The first-order valence-electron chi connectivity index (χ1n) is 5.71. The Balaban J connectivity index is 2.89. The van der Waals surface area contributed by atoms with Crippen LogP contribution in [0.2, 0.25) is 5.02 Å². The molecule has 94 valence electrons. The molecule has 0 spiro atoms. The van der Waals surface area contributed by atoms with Crippen LogP contribution >= 0.6 is 27.5 Å². The Morgan fingerprint density at radius 2 is 1.94 bits per heavy atom. The Bertz CT molecular complexity index is 382. The van der Waals surface area contributed by atoms with Gasteiger partial charge in [0, 0.05) is 10.9 Å². The second-order valence-electron chi connectivity index (χ2n) is 4.06. The molecule has 0 aliphatic carbocycles. The predicted molar refractivity (Wildman–Crippen MR) is 76.0 cm³/mol. The van der Waals surface area contributed by atoms with Gasteiger partial charge in [0.15, 0.2) is 0 Å². The number of carbonyl (C=O) groups excluding carboxylic acids is 1. The maximum absolute atomic E-state index is 12.1. The average molecular weight is 319 g/mol. The molecule has 0 heterocycles. The molecular weight excluding hydrogens is 302 g/mol. The number of nitrogens with one attached hydrogen (secondary N) is 1. The number of carbonyl (C=O) groups is 1. The van der Waals surface area contributed by atoms with Gasteiger partial charge in [-0.05, 0) is 25.0 Å². The van der Waals surface area contributed by atoms with Crippen molar-refractivity contribution < 1.29 is 4.79 Å². The molecule has 17 heavy (non-hydrogen) atoms. The normalized spacial score (nSPS) is 11.3. The molecule has 1 N–H and O–H groups in total. The van der Waals surface area contributed by atoms with Crippen molar-refractivity contribution in [2.24, 2.45) is 0 Å². The van der Waals surface area contributed by atoms with Gasteiger partial charge in [-0.25, -0.2) is 0 Å². The number of hydrogen-bond donors (Lipinski definition) is 1. The van der Waals surface area contributed by atoms with Crippen LogP contribution in [0.4, 0.5) is 0 Å². The molecule has 1 amide bonds. The molecule has 1 rings (SSSR count). The molecule has 0 aromatic heterocycles. The van der Waals surface area contributed by atoms with Crippen LogP contribution < -0.4 is 5.32 Å². The van der Waals surface area contributed by atoms with Crippen LogP contribution in [-0.2, 0) is 0 Å². The number of benzene rings is 1. The lowest BCUT2D eigenvalue weighted by molar-refractivity contribution is 0.0904. The standard InChI is InChI=1S/C13H17BrClNO/c1-3-13(4-2,9-14)16-12(17)10-7-5-6-8-11(10)15/h5-8H,3-4,9H2,1-2H3,(H,16,17). The van der Waals surface area contributed by atoms with Crippen LogP contribution in [-0.4, -0.2) is 16.8 Å². The number of amides is 1. The number of alkyl halides is 1.